The van der Waals surface area contributed by atoms with E-state index in [9.17, 15) is 4.79 Å². The van der Waals surface area contributed by atoms with Gasteiger partial charge in [-0.1, -0.05) is 0 Å². The van der Waals surface area contributed by atoms with Gasteiger partial charge in [0.25, 0.3) is 0 Å². The molecule has 0 unspecified atom stereocenters. The lowest BCUT2D eigenvalue weighted by molar-refractivity contribution is 0.459. The number of aromatic hydroxyl groups is 1. The van der Waals surface area contributed by atoms with Crippen molar-refractivity contribution >= 4 is 25.6 Å². The minimum absolute atomic E-state index is 0.0764. The van der Waals surface area contributed by atoms with E-state index in [-0.39, 0.29) is 11.6 Å². The van der Waals surface area contributed by atoms with Crippen LogP contribution in [-0.2, 0) is 4.12 Å². The molecule has 1 heterocycles. The predicted molar refractivity (Wildman–Crippen MR) is 42.3 cm³/mol. The van der Waals surface area contributed by atoms with Gasteiger partial charge < -0.3 is 14.2 Å². The van der Waals surface area contributed by atoms with Gasteiger partial charge in [0.2, 0.25) is 15.6 Å². The average Bonchev–Trinajstić information content (AvgIpc) is 2.13. The number of H-pyrrole nitrogens is 2. The molecule has 56 valence electrons. The summed E-state index contributed by atoms with van der Waals surface area (Å²) in [7, 11) is -0.239. The van der Waals surface area contributed by atoms with Crippen molar-refractivity contribution in [1.29, 1.82) is 0 Å². The predicted octanol–water partition coefficient (Wildman–Crippen LogP) is -3.59. The number of hydrogen-bond donors (Lipinski definition) is 3. The quantitative estimate of drug-likeness (QED) is 0.408. The molecule has 0 saturated heterocycles. The first-order valence-corrected chi connectivity index (χ1v) is 4.83. The van der Waals surface area contributed by atoms with Crippen molar-refractivity contribution in [3.05, 3.63) is 10.5 Å². The number of hydrogen-bond acceptors (Lipinski definition) is 3. The van der Waals surface area contributed by atoms with Gasteiger partial charge in [0.05, 0.1) is 5.32 Å². The molecule has 0 spiro atoms. The smallest absolute Gasteiger partial charge is 0.325 e. The van der Waals surface area contributed by atoms with E-state index in [2.05, 4.69) is 9.97 Å². The third kappa shape index (κ3) is 1.37. The molecule has 0 aliphatic heterocycles. The lowest BCUT2D eigenvalue weighted by atomic mass is 10.9. The molecule has 1 rings (SSSR count). The number of aromatic nitrogens is 2. The van der Waals surface area contributed by atoms with Crippen LogP contribution in [0.25, 0.3) is 0 Å². The Balaban J connectivity index is 2.92. The number of nitrogens with one attached hydrogen (secondary N) is 2. The van der Waals surface area contributed by atoms with E-state index in [0.29, 0.717) is 15.8 Å². The second-order valence-electron chi connectivity index (χ2n) is 1.84. The molecule has 0 fully saturated rings. The highest BCUT2D eigenvalue weighted by molar-refractivity contribution is 6.50. The highest BCUT2D eigenvalue weighted by Gasteiger charge is 2.03. The van der Waals surface area contributed by atoms with Gasteiger partial charge in [0, 0.05) is 0 Å². The number of imidazole rings is 1. The van der Waals surface area contributed by atoms with Crippen LogP contribution in [0.5, 0.6) is 5.88 Å². The lowest BCUT2D eigenvalue weighted by Crippen LogP contribution is -2.20. The summed E-state index contributed by atoms with van der Waals surface area (Å²) in [6.07, 6.45) is 0. The summed E-state index contributed by atoms with van der Waals surface area (Å²) in [5.74, 6) is -0.0764. The Morgan fingerprint density at radius 2 is 2.30 bits per heavy atom. The van der Waals surface area contributed by atoms with Gasteiger partial charge in [-0.25, -0.2) is 4.79 Å². The monoisotopic (exact) mass is 176 g/mol. The van der Waals surface area contributed by atoms with Gasteiger partial charge in [0.1, 0.15) is 10.5 Å². The van der Waals surface area contributed by atoms with Crippen molar-refractivity contribution in [2.24, 2.45) is 0 Å². The lowest BCUT2D eigenvalue weighted by Gasteiger charge is -1.92. The van der Waals surface area contributed by atoms with E-state index in [0.717, 1.165) is 0 Å². The maximum absolute atomic E-state index is 10.5. The van der Waals surface area contributed by atoms with E-state index in [1.165, 1.54) is 0 Å². The largest absolute Gasteiger partial charge is 0.493 e. The fourth-order valence-corrected chi connectivity index (χ4v) is 2.27. The Morgan fingerprint density at radius 1 is 1.60 bits per heavy atom. The highest BCUT2D eigenvalue weighted by atomic mass is 28.3. The van der Waals surface area contributed by atoms with E-state index < -0.39 is 9.76 Å². The Labute approximate surface area is 61.9 Å². The van der Waals surface area contributed by atoms with Crippen LogP contribution in [0.4, 0.5) is 0 Å². The van der Waals surface area contributed by atoms with Gasteiger partial charge in [-0.3, -0.25) is 4.98 Å². The van der Waals surface area contributed by atoms with Crippen LogP contribution in [0.15, 0.2) is 4.79 Å². The van der Waals surface area contributed by atoms with E-state index >= 15 is 0 Å². The van der Waals surface area contributed by atoms with Gasteiger partial charge in [-0.15, -0.1) is 0 Å². The first kappa shape index (κ1) is 7.31. The summed E-state index contributed by atoms with van der Waals surface area (Å²) < 4.78 is 4.95. The zero-order valence-corrected chi connectivity index (χ0v) is 8.89. The Hall–Kier alpha value is -0.796. The third-order valence-corrected chi connectivity index (χ3v) is 3.03. The van der Waals surface area contributed by atoms with Crippen LogP contribution in [0.1, 0.15) is 0 Å². The van der Waals surface area contributed by atoms with Crippen LogP contribution in [0.3, 0.4) is 0 Å². The molecule has 1 aromatic heterocycles. The molecule has 1 aromatic rings. The molecule has 0 bridgehead atoms. The Kier molecular flexibility index (Phi) is 2.09. The minimum atomic E-state index is -0.884. The number of rotatable bonds is 2. The number of aromatic amines is 2. The molecule has 0 radical (unpaired) electrons. The molecular formula is C3H8N2O3Si2. The first-order chi connectivity index (χ1) is 4.74. The fraction of sp³-hybridized carbons (Fsp3) is 0. The van der Waals surface area contributed by atoms with Crippen LogP contribution in [0.2, 0.25) is 0 Å². The summed E-state index contributed by atoms with van der Waals surface area (Å²) >= 11 is 0. The van der Waals surface area contributed by atoms with Gasteiger partial charge >= 0.3 is 5.69 Å². The summed E-state index contributed by atoms with van der Waals surface area (Å²) in [5.41, 5.74) is -0.376. The van der Waals surface area contributed by atoms with Crippen LogP contribution >= 0.6 is 0 Å². The van der Waals surface area contributed by atoms with E-state index in [1.807, 2.05) is 0 Å². The highest BCUT2D eigenvalue weighted by Crippen LogP contribution is 1.88. The summed E-state index contributed by atoms with van der Waals surface area (Å²) in [5, 5.41) is 9.49. The standard InChI is InChI=1S/C3H8N2O3Si2/c6-1-2(10-8-9)5-3(7)4-1/h6H,10H2,9H3,(H2,4,5,7). The van der Waals surface area contributed by atoms with Crippen molar-refractivity contribution < 1.29 is 9.22 Å². The maximum Gasteiger partial charge on any atom is 0.325 e. The van der Waals surface area contributed by atoms with Crippen molar-refractivity contribution in [3.63, 3.8) is 0 Å². The average molecular weight is 176 g/mol. The van der Waals surface area contributed by atoms with Crippen LogP contribution in [0, 0.1) is 0 Å². The van der Waals surface area contributed by atoms with E-state index in [1.54, 1.807) is 0 Å². The van der Waals surface area contributed by atoms with Crippen molar-refractivity contribution in [2.45, 2.75) is 0 Å². The summed E-state index contributed by atoms with van der Waals surface area (Å²) in [6.45, 7) is 0. The second kappa shape index (κ2) is 2.86. The maximum atomic E-state index is 10.5. The molecule has 3 N–H and O–H groups in total. The zero-order valence-electron chi connectivity index (χ0n) is 5.47. The molecule has 0 aromatic carbocycles. The van der Waals surface area contributed by atoms with Crippen molar-refractivity contribution in [2.75, 3.05) is 0 Å². The Morgan fingerprint density at radius 3 is 2.70 bits per heavy atom. The second-order valence-corrected chi connectivity index (χ2v) is 5.14. The van der Waals surface area contributed by atoms with E-state index in [4.69, 9.17) is 9.22 Å². The van der Waals surface area contributed by atoms with Gasteiger partial charge in [-0.2, -0.15) is 0 Å². The zero-order chi connectivity index (χ0) is 7.56. The first-order valence-electron chi connectivity index (χ1n) is 2.73. The third-order valence-electron chi connectivity index (χ3n) is 1.07. The van der Waals surface area contributed by atoms with Crippen molar-refractivity contribution in [3.8, 4) is 5.88 Å². The summed E-state index contributed by atoms with van der Waals surface area (Å²) in [6, 6.07) is 0. The molecule has 5 nitrogen and oxygen atoms in total. The molecule has 0 aliphatic carbocycles. The molecule has 0 amide bonds. The van der Waals surface area contributed by atoms with Gasteiger partial charge in [-0.05, 0) is 0 Å². The molecule has 0 atom stereocenters. The SMILES string of the molecule is O=c1[nH]c(O)c([SiH2]O[SiH3])[nH]1. The Bertz CT molecular complexity index is 267. The summed E-state index contributed by atoms with van der Waals surface area (Å²) in [4.78, 5) is 15.1. The van der Waals surface area contributed by atoms with Crippen LogP contribution < -0.4 is 11.0 Å². The van der Waals surface area contributed by atoms with Gasteiger partial charge in [0.15, 0.2) is 0 Å². The fourth-order valence-electron chi connectivity index (χ4n) is 0.659. The topological polar surface area (TPSA) is 78.1 Å². The molecule has 10 heavy (non-hydrogen) atoms. The molecule has 7 heteroatoms. The minimum Gasteiger partial charge on any atom is -0.493 e. The molecular weight excluding hydrogens is 168 g/mol. The van der Waals surface area contributed by atoms with Crippen molar-refractivity contribution in [1.82, 2.24) is 9.97 Å². The van der Waals surface area contributed by atoms with Crippen LogP contribution in [-0.4, -0.2) is 35.3 Å². The normalized spacial score (nSPS) is 11.6. The molecule has 0 saturated carbocycles. The molecule has 0 aliphatic rings.